The minimum atomic E-state index is -0.0814. The summed E-state index contributed by atoms with van der Waals surface area (Å²) in [6.07, 6.45) is 1.12. The molecule has 0 unspecified atom stereocenters. The molecule has 0 aliphatic carbocycles. The highest BCUT2D eigenvalue weighted by atomic mass is 32.1. The second-order valence-electron chi connectivity index (χ2n) is 3.37. The standard InChI is InChI=1S/C10H21N3OS/c1-3-13(4-2)7-5-6-12-10(14)8-9(11)15/h3-8H2,1-2H3,(H2,11,15)(H,12,14). The minimum absolute atomic E-state index is 0.0814. The lowest BCUT2D eigenvalue weighted by Crippen LogP contribution is -2.31. The number of thiocarbonyl (C=S) groups is 1. The Morgan fingerprint density at radius 3 is 2.47 bits per heavy atom. The van der Waals surface area contributed by atoms with Crippen molar-refractivity contribution in [2.75, 3.05) is 26.2 Å². The molecule has 3 N–H and O–H groups in total. The number of nitrogens with two attached hydrogens (primary N) is 1. The van der Waals surface area contributed by atoms with E-state index in [1.54, 1.807) is 0 Å². The maximum atomic E-state index is 11.1. The van der Waals surface area contributed by atoms with Crippen LogP contribution in [0.1, 0.15) is 26.7 Å². The van der Waals surface area contributed by atoms with Crippen LogP contribution in [0.5, 0.6) is 0 Å². The number of nitrogens with one attached hydrogen (secondary N) is 1. The number of rotatable bonds is 8. The number of hydrogen-bond donors (Lipinski definition) is 2. The van der Waals surface area contributed by atoms with Crippen molar-refractivity contribution >= 4 is 23.1 Å². The van der Waals surface area contributed by atoms with Gasteiger partial charge in [0.1, 0.15) is 0 Å². The Bertz CT molecular complexity index is 205. The van der Waals surface area contributed by atoms with Crippen LogP contribution in [0.15, 0.2) is 0 Å². The van der Waals surface area contributed by atoms with Crippen molar-refractivity contribution in [3.63, 3.8) is 0 Å². The van der Waals surface area contributed by atoms with Gasteiger partial charge in [0.15, 0.2) is 0 Å². The van der Waals surface area contributed by atoms with E-state index < -0.39 is 0 Å². The summed E-state index contributed by atoms with van der Waals surface area (Å²) in [6, 6.07) is 0. The highest BCUT2D eigenvalue weighted by Gasteiger charge is 2.02. The first kappa shape index (κ1) is 14.3. The van der Waals surface area contributed by atoms with Crippen LogP contribution in [0.3, 0.4) is 0 Å². The molecule has 0 bridgehead atoms. The Balaban J connectivity index is 3.45. The van der Waals surface area contributed by atoms with E-state index in [1.807, 2.05) is 0 Å². The van der Waals surface area contributed by atoms with Gasteiger partial charge in [0.2, 0.25) is 5.91 Å². The van der Waals surface area contributed by atoms with Crippen LogP contribution >= 0.6 is 12.2 Å². The summed E-state index contributed by atoms with van der Waals surface area (Å²) >= 11 is 4.64. The van der Waals surface area contributed by atoms with E-state index in [0.29, 0.717) is 6.54 Å². The van der Waals surface area contributed by atoms with Gasteiger partial charge < -0.3 is 16.0 Å². The Morgan fingerprint density at radius 1 is 1.40 bits per heavy atom. The average Bonchev–Trinajstić information content (AvgIpc) is 2.17. The third kappa shape index (κ3) is 8.32. The van der Waals surface area contributed by atoms with Crippen LogP contribution in [-0.2, 0) is 4.79 Å². The summed E-state index contributed by atoms with van der Waals surface area (Å²) in [5.41, 5.74) is 5.25. The molecule has 0 heterocycles. The maximum Gasteiger partial charge on any atom is 0.226 e. The van der Waals surface area contributed by atoms with Gasteiger partial charge in [-0.3, -0.25) is 4.79 Å². The molecule has 0 radical (unpaired) electrons. The fraction of sp³-hybridized carbons (Fsp3) is 0.800. The van der Waals surface area contributed by atoms with Crippen LogP contribution < -0.4 is 11.1 Å². The zero-order chi connectivity index (χ0) is 11.7. The van der Waals surface area contributed by atoms with Crippen molar-refractivity contribution in [2.24, 2.45) is 5.73 Å². The largest absolute Gasteiger partial charge is 0.393 e. The van der Waals surface area contributed by atoms with Gasteiger partial charge in [-0.15, -0.1) is 0 Å². The first-order valence-electron chi connectivity index (χ1n) is 5.37. The highest BCUT2D eigenvalue weighted by Crippen LogP contribution is 1.89. The topological polar surface area (TPSA) is 58.4 Å². The second kappa shape index (κ2) is 8.61. The number of hydrogen-bond acceptors (Lipinski definition) is 3. The van der Waals surface area contributed by atoms with E-state index in [9.17, 15) is 4.79 Å². The van der Waals surface area contributed by atoms with Crippen LogP contribution in [0.4, 0.5) is 0 Å². The van der Waals surface area contributed by atoms with Gasteiger partial charge in [-0.25, -0.2) is 0 Å². The van der Waals surface area contributed by atoms with Crippen LogP contribution in [0, 0.1) is 0 Å². The molecule has 0 aromatic rings. The lowest BCUT2D eigenvalue weighted by Gasteiger charge is -2.17. The molecule has 15 heavy (non-hydrogen) atoms. The molecule has 1 amide bonds. The van der Waals surface area contributed by atoms with Gasteiger partial charge in [0, 0.05) is 6.54 Å². The summed E-state index contributed by atoms with van der Waals surface area (Å²) in [7, 11) is 0. The van der Waals surface area contributed by atoms with Gasteiger partial charge in [-0.2, -0.15) is 0 Å². The molecule has 0 aromatic heterocycles. The predicted octanol–water partition coefficient (Wildman–Crippen LogP) is 0.511. The Morgan fingerprint density at radius 2 is 2.00 bits per heavy atom. The molecule has 0 saturated heterocycles. The molecule has 0 rings (SSSR count). The second-order valence-corrected chi connectivity index (χ2v) is 3.90. The minimum Gasteiger partial charge on any atom is -0.393 e. The van der Waals surface area contributed by atoms with Crippen molar-refractivity contribution in [1.29, 1.82) is 0 Å². The Hall–Kier alpha value is -0.680. The number of carbonyl (C=O) groups is 1. The molecular weight excluding hydrogens is 210 g/mol. The zero-order valence-corrected chi connectivity index (χ0v) is 10.4. The lowest BCUT2D eigenvalue weighted by atomic mass is 10.3. The Labute approximate surface area is 97.2 Å². The number of carbonyl (C=O) groups excluding carboxylic acids is 1. The molecule has 5 heteroatoms. The van der Waals surface area contributed by atoms with E-state index >= 15 is 0 Å². The molecule has 0 saturated carbocycles. The third-order valence-electron chi connectivity index (χ3n) is 2.20. The fourth-order valence-corrected chi connectivity index (χ4v) is 1.42. The van der Waals surface area contributed by atoms with Gasteiger partial charge in [0.25, 0.3) is 0 Å². The summed E-state index contributed by atoms with van der Waals surface area (Å²) in [5.74, 6) is -0.0814. The monoisotopic (exact) mass is 231 g/mol. The van der Waals surface area contributed by atoms with E-state index in [-0.39, 0.29) is 17.3 Å². The van der Waals surface area contributed by atoms with Gasteiger partial charge in [-0.1, -0.05) is 26.1 Å². The molecule has 88 valence electrons. The number of nitrogens with zero attached hydrogens (tertiary/aromatic N) is 1. The molecule has 0 spiro atoms. The van der Waals surface area contributed by atoms with E-state index in [0.717, 1.165) is 26.1 Å². The Kier molecular flexibility index (Phi) is 8.22. The predicted molar refractivity (Wildman–Crippen MR) is 66.8 cm³/mol. The quantitative estimate of drug-likeness (QED) is 0.472. The average molecular weight is 231 g/mol. The molecular formula is C10H21N3OS. The smallest absolute Gasteiger partial charge is 0.226 e. The summed E-state index contributed by atoms with van der Waals surface area (Å²) in [6.45, 7) is 8.08. The van der Waals surface area contributed by atoms with E-state index in [1.165, 1.54) is 0 Å². The fourth-order valence-electron chi connectivity index (χ4n) is 1.29. The summed E-state index contributed by atoms with van der Waals surface area (Å²) in [4.78, 5) is 13.7. The van der Waals surface area contributed by atoms with Gasteiger partial charge in [0.05, 0.1) is 11.4 Å². The van der Waals surface area contributed by atoms with Crippen LogP contribution in [0.25, 0.3) is 0 Å². The van der Waals surface area contributed by atoms with Crippen molar-refractivity contribution in [2.45, 2.75) is 26.7 Å². The summed E-state index contributed by atoms with van der Waals surface area (Å²) < 4.78 is 0. The molecule has 0 aromatic carbocycles. The van der Waals surface area contributed by atoms with E-state index in [2.05, 4.69) is 36.3 Å². The van der Waals surface area contributed by atoms with E-state index in [4.69, 9.17) is 5.73 Å². The van der Waals surface area contributed by atoms with Crippen molar-refractivity contribution in [3.05, 3.63) is 0 Å². The van der Waals surface area contributed by atoms with Gasteiger partial charge >= 0.3 is 0 Å². The SMILES string of the molecule is CCN(CC)CCCNC(=O)CC(N)=S. The van der Waals surface area contributed by atoms with Crippen LogP contribution in [-0.4, -0.2) is 42.0 Å². The van der Waals surface area contributed by atoms with Crippen LogP contribution in [0.2, 0.25) is 0 Å². The molecule has 0 aliphatic heterocycles. The molecule has 4 nitrogen and oxygen atoms in total. The third-order valence-corrected chi connectivity index (χ3v) is 2.35. The highest BCUT2D eigenvalue weighted by molar-refractivity contribution is 7.80. The molecule has 0 atom stereocenters. The molecule has 0 fully saturated rings. The van der Waals surface area contributed by atoms with Gasteiger partial charge in [-0.05, 0) is 26.1 Å². The van der Waals surface area contributed by atoms with Crippen molar-refractivity contribution < 1.29 is 4.79 Å². The lowest BCUT2D eigenvalue weighted by molar-refractivity contribution is -0.119. The van der Waals surface area contributed by atoms with Crippen molar-refractivity contribution in [3.8, 4) is 0 Å². The zero-order valence-electron chi connectivity index (χ0n) is 9.58. The number of amides is 1. The first-order valence-corrected chi connectivity index (χ1v) is 5.78. The van der Waals surface area contributed by atoms with Crippen molar-refractivity contribution in [1.82, 2.24) is 10.2 Å². The summed E-state index contributed by atoms with van der Waals surface area (Å²) in [5, 5.41) is 2.78. The first-order chi connectivity index (χ1) is 7.10. The molecule has 0 aliphatic rings. The normalized spacial score (nSPS) is 10.3. The maximum absolute atomic E-state index is 11.1.